The Balaban J connectivity index is 2.11. The zero-order valence-corrected chi connectivity index (χ0v) is 11.4. The Bertz CT molecular complexity index is 652. The first-order valence-corrected chi connectivity index (χ1v) is 6.52. The minimum Gasteiger partial charge on any atom is -0.480 e. The van der Waals surface area contributed by atoms with Gasteiger partial charge in [-0.2, -0.15) is 4.52 Å². The number of carboxylic acids is 1. The second kappa shape index (κ2) is 4.39. The van der Waals surface area contributed by atoms with E-state index in [0.29, 0.717) is 18.0 Å². The van der Waals surface area contributed by atoms with Gasteiger partial charge in [0, 0.05) is 6.54 Å². The van der Waals surface area contributed by atoms with Crippen molar-refractivity contribution in [3.63, 3.8) is 0 Å². The summed E-state index contributed by atoms with van der Waals surface area (Å²) in [6, 6.07) is -0.618. The first-order chi connectivity index (χ1) is 9.50. The Hall–Kier alpha value is -2.25. The lowest BCUT2D eigenvalue weighted by Gasteiger charge is -2.44. The van der Waals surface area contributed by atoms with Crippen molar-refractivity contribution < 1.29 is 9.90 Å². The lowest BCUT2D eigenvalue weighted by molar-refractivity contribution is -0.142. The van der Waals surface area contributed by atoms with Gasteiger partial charge in [-0.1, -0.05) is 13.8 Å². The summed E-state index contributed by atoms with van der Waals surface area (Å²) in [6.07, 6.45) is 4.96. The normalized spacial score (nSPS) is 22.1. The summed E-state index contributed by atoms with van der Waals surface area (Å²) in [4.78, 5) is 17.6. The van der Waals surface area contributed by atoms with Gasteiger partial charge in [-0.15, -0.1) is 5.10 Å². The zero-order valence-electron chi connectivity index (χ0n) is 11.4. The highest BCUT2D eigenvalue weighted by molar-refractivity contribution is 5.79. The van der Waals surface area contributed by atoms with E-state index in [-0.39, 0.29) is 5.41 Å². The standard InChI is InChI=1S/C12H16N6O2/c1-12(2)4-3-5-17(10(12)11(19)20)9-7-13-6-8-14-15-16-18(8)9/h6-7,10H,3-5H2,1-2H3,(H,19,20). The fourth-order valence-electron chi connectivity index (χ4n) is 2.97. The largest absolute Gasteiger partial charge is 0.480 e. The van der Waals surface area contributed by atoms with Crippen LogP contribution in [0.1, 0.15) is 26.7 Å². The summed E-state index contributed by atoms with van der Waals surface area (Å²) in [5, 5.41) is 21.0. The molecular formula is C12H16N6O2. The zero-order chi connectivity index (χ0) is 14.3. The first kappa shape index (κ1) is 12.8. The van der Waals surface area contributed by atoms with Crippen LogP contribution in [-0.2, 0) is 4.79 Å². The number of aromatic nitrogens is 5. The highest BCUT2D eigenvalue weighted by atomic mass is 16.4. The van der Waals surface area contributed by atoms with Crippen molar-refractivity contribution >= 4 is 17.4 Å². The van der Waals surface area contributed by atoms with Crippen molar-refractivity contribution in [2.75, 3.05) is 11.4 Å². The second-order valence-corrected chi connectivity index (χ2v) is 5.74. The van der Waals surface area contributed by atoms with Gasteiger partial charge in [0.2, 0.25) is 0 Å². The molecule has 0 spiro atoms. The highest BCUT2D eigenvalue weighted by Gasteiger charge is 2.43. The SMILES string of the molecule is CC1(C)CCCN(c2cncc3nnnn23)C1C(=O)O. The Morgan fingerprint density at radius 3 is 3.00 bits per heavy atom. The van der Waals surface area contributed by atoms with E-state index in [1.807, 2.05) is 18.7 Å². The number of rotatable bonds is 2. The number of hydrogen-bond donors (Lipinski definition) is 1. The molecule has 8 nitrogen and oxygen atoms in total. The third kappa shape index (κ3) is 1.87. The van der Waals surface area contributed by atoms with Gasteiger partial charge in [0.05, 0.1) is 12.4 Å². The minimum absolute atomic E-state index is 0.319. The predicted octanol–water partition coefficient (Wildman–Crippen LogP) is 0.599. The smallest absolute Gasteiger partial charge is 0.326 e. The molecule has 8 heteroatoms. The van der Waals surface area contributed by atoms with Gasteiger partial charge in [0.1, 0.15) is 6.04 Å². The van der Waals surface area contributed by atoms with Crippen LogP contribution in [-0.4, -0.2) is 48.7 Å². The van der Waals surface area contributed by atoms with Crippen LogP contribution >= 0.6 is 0 Å². The minimum atomic E-state index is -0.834. The van der Waals surface area contributed by atoms with Crippen molar-refractivity contribution in [1.82, 2.24) is 25.0 Å². The van der Waals surface area contributed by atoms with Gasteiger partial charge in [-0.25, -0.2) is 4.79 Å². The number of carbonyl (C=O) groups is 1. The summed E-state index contributed by atoms with van der Waals surface area (Å²) < 4.78 is 1.53. The molecular weight excluding hydrogens is 260 g/mol. The quantitative estimate of drug-likeness (QED) is 0.857. The molecule has 3 heterocycles. The fraction of sp³-hybridized carbons (Fsp3) is 0.583. The number of carboxylic acid groups (broad SMARTS) is 1. The summed E-state index contributed by atoms with van der Waals surface area (Å²) in [7, 11) is 0. The third-order valence-corrected chi connectivity index (χ3v) is 3.89. The van der Waals surface area contributed by atoms with Crippen LogP contribution in [0.3, 0.4) is 0 Å². The number of tetrazole rings is 1. The molecule has 0 radical (unpaired) electrons. The topological polar surface area (TPSA) is 96.5 Å². The molecule has 1 aliphatic heterocycles. The second-order valence-electron chi connectivity index (χ2n) is 5.74. The fourth-order valence-corrected chi connectivity index (χ4v) is 2.97. The maximum Gasteiger partial charge on any atom is 0.326 e. The number of nitrogens with zero attached hydrogens (tertiary/aromatic N) is 6. The van der Waals surface area contributed by atoms with E-state index in [4.69, 9.17) is 0 Å². The van der Waals surface area contributed by atoms with Crippen LogP contribution in [0.5, 0.6) is 0 Å². The van der Waals surface area contributed by atoms with E-state index < -0.39 is 12.0 Å². The van der Waals surface area contributed by atoms with Crippen LogP contribution in [0.2, 0.25) is 0 Å². The van der Waals surface area contributed by atoms with Crippen LogP contribution in [0, 0.1) is 5.41 Å². The molecule has 0 bridgehead atoms. The Morgan fingerprint density at radius 2 is 2.25 bits per heavy atom. The summed E-state index contributed by atoms with van der Waals surface area (Å²) in [5.41, 5.74) is 0.190. The van der Waals surface area contributed by atoms with E-state index in [9.17, 15) is 9.90 Å². The number of aliphatic carboxylic acids is 1. The highest BCUT2D eigenvalue weighted by Crippen LogP contribution is 2.37. The van der Waals surface area contributed by atoms with Gasteiger partial charge in [0.25, 0.3) is 0 Å². The monoisotopic (exact) mass is 276 g/mol. The number of anilines is 1. The molecule has 3 rings (SSSR count). The van der Waals surface area contributed by atoms with Gasteiger partial charge in [0.15, 0.2) is 11.5 Å². The Labute approximate surface area is 115 Å². The lowest BCUT2D eigenvalue weighted by atomic mass is 9.76. The molecule has 1 N–H and O–H groups in total. The number of hydrogen-bond acceptors (Lipinski definition) is 6. The number of piperidine rings is 1. The molecule has 1 saturated heterocycles. The van der Waals surface area contributed by atoms with Crippen molar-refractivity contribution in [3.05, 3.63) is 12.4 Å². The third-order valence-electron chi connectivity index (χ3n) is 3.89. The molecule has 1 unspecified atom stereocenters. The summed E-state index contributed by atoms with van der Waals surface area (Å²) >= 11 is 0. The molecule has 20 heavy (non-hydrogen) atoms. The molecule has 0 aliphatic carbocycles. The molecule has 1 aliphatic rings. The van der Waals surface area contributed by atoms with Crippen LogP contribution in [0.15, 0.2) is 12.4 Å². The molecule has 2 aromatic heterocycles. The summed E-state index contributed by atoms with van der Waals surface area (Å²) in [6.45, 7) is 4.61. The van der Waals surface area contributed by atoms with E-state index in [1.54, 1.807) is 12.4 Å². The van der Waals surface area contributed by atoms with Gasteiger partial charge >= 0.3 is 5.97 Å². The van der Waals surface area contributed by atoms with Crippen molar-refractivity contribution in [2.45, 2.75) is 32.7 Å². The van der Waals surface area contributed by atoms with Crippen molar-refractivity contribution in [1.29, 1.82) is 0 Å². The van der Waals surface area contributed by atoms with E-state index in [2.05, 4.69) is 20.5 Å². The van der Waals surface area contributed by atoms with Gasteiger partial charge < -0.3 is 10.0 Å². The van der Waals surface area contributed by atoms with Crippen LogP contribution in [0.25, 0.3) is 5.65 Å². The lowest BCUT2D eigenvalue weighted by Crippen LogP contribution is -2.55. The van der Waals surface area contributed by atoms with E-state index >= 15 is 0 Å². The van der Waals surface area contributed by atoms with E-state index in [1.165, 1.54) is 4.52 Å². The Morgan fingerprint density at radius 1 is 1.45 bits per heavy atom. The average molecular weight is 276 g/mol. The first-order valence-electron chi connectivity index (χ1n) is 6.52. The average Bonchev–Trinajstić information content (AvgIpc) is 2.84. The molecule has 106 valence electrons. The molecule has 0 amide bonds. The molecule has 0 aromatic carbocycles. The van der Waals surface area contributed by atoms with Gasteiger partial charge in [-0.3, -0.25) is 4.98 Å². The van der Waals surface area contributed by atoms with Gasteiger partial charge in [-0.05, 0) is 28.7 Å². The summed E-state index contributed by atoms with van der Waals surface area (Å²) in [5.74, 6) is -0.215. The molecule has 0 saturated carbocycles. The van der Waals surface area contributed by atoms with Crippen LogP contribution in [0.4, 0.5) is 5.82 Å². The van der Waals surface area contributed by atoms with Crippen molar-refractivity contribution in [3.8, 4) is 0 Å². The maximum absolute atomic E-state index is 11.7. The maximum atomic E-state index is 11.7. The molecule has 1 fully saturated rings. The number of fused-ring (bicyclic) bond motifs is 1. The Kier molecular flexibility index (Phi) is 2.81. The van der Waals surface area contributed by atoms with E-state index in [0.717, 1.165) is 12.8 Å². The van der Waals surface area contributed by atoms with Crippen molar-refractivity contribution in [2.24, 2.45) is 5.41 Å². The molecule has 1 atom stereocenters. The van der Waals surface area contributed by atoms with Crippen LogP contribution < -0.4 is 4.90 Å². The predicted molar refractivity (Wildman–Crippen MR) is 70.4 cm³/mol. The molecule has 2 aromatic rings.